The van der Waals surface area contributed by atoms with Crippen molar-refractivity contribution < 1.29 is 37.8 Å². The van der Waals surface area contributed by atoms with Crippen LogP contribution in [-0.4, -0.2) is 106 Å². The number of aldehydes is 1. The van der Waals surface area contributed by atoms with E-state index in [1.165, 1.54) is 49.4 Å². The van der Waals surface area contributed by atoms with E-state index in [0.717, 1.165) is 18.2 Å². The molecule has 2 aliphatic rings. The zero-order valence-electron chi connectivity index (χ0n) is 32.6. The molecule has 12 nitrogen and oxygen atoms in total. The van der Waals surface area contributed by atoms with Crippen LogP contribution < -0.4 is 10.6 Å². The van der Waals surface area contributed by atoms with Gasteiger partial charge in [0.15, 0.2) is 0 Å². The summed E-state index contributed by atoms with van der Waals surface area (Å²) in [5.41, 5.74) is 0.769. The highest BCUT2D eigenvalue weighted by Crippen LogP contribution is 2.32. The molecular formula is C37H70N4O8S. The molecular weight excluding hydrogens is 660 g/mol. The highest BCUT2D eigenvalue weighted by molar-refractivity contribution is 7.89. The molecule has 50 heavy (non-hydrogen) atoms. The SMILES string of the molecule is CC.CCCCC/C=C\C(C)CNCO.COC(CN1Cc2ccccc2S1(=O)=O)C(C)(C)C.C[C@@H]1CCCN1C.O=CCNC=O.O=CO. The first kappa shape index (κ1) is 51.7. The fourth-order valence-electron chi connectivity index (χ4n) is 4.72. The Morgan fingerprint density at radius 2 is 1.74 bits per heavy atom. The molecule has 0 spiro atoms. The van der Waals surface area contributed by atoms with Crippen molar-refractivity contribution in [3.8, 4) is 0 Å². The number of aliphatic hydroxyl groups is 1. The molecule has 1 aromatic carbocycles. The molecule has 2 aliphatic heterocycles. The number of carboxylic acid groups (broad SMARTS) is 1. The van der Waals surface area contributed by atoms with Crippen LogP contribution in [0.2, 0.25) is 0 Å². The van der Waals surface area contributed by atoms with Crippen LogP contribution in [0, 0.1) is 11.3 Å². The summed E-state index contributed by atoms with van der Waals surface area (Å²) in [6.45, 7) is 19.7. The lowest BCUT2D eigenvalue weighted by atomic mass is 9.89. The van der Waals surface area contributed by atoms with Crippen molar-refractivity contribution in [3.63, 3.8) is 0 Å². The average molecular weight is 731 g/mol. The number of carbonyl (C=O) groups is 3. The van der Waals surface area contributed by atoms with Crippen molar-refractivity contribution in [1.29, 1.82) is 0 Å². The zero-order valence-corrected chi connectivity index (χ0v) is 33.4. The molecule has 2 unspecified atom stereocenters. The zero-order chi connectivity index (χ0) is 39.0. The fraction of sp³-hybridized carbons (Fsp3) is 0.703. The van der Waals surface area contributed by atoms with Crippen molar-refractivity contribution in [2.75, 3.05) is 47.1 Å². The first-order valence-electron chi connectivity index (χ1n) is 17.7. The minimum Gasteiger partial charge on any atom is -0.483 e. The lowest BCUT2D eigenvalue weighted by molar-refractivity contribution is -0.122. The Morgan fingerprint density at radius 1 is 1.12 bits per heavy atom. The minimum atomic E-state index is -3.36. The number of allylic oxidation sites excluding steroid dienone is 1. The van der Waals surface area contributed by atoms with Crippen LogP contribution in [0.15, 0.2) is 41.3 Å². The smallest absolute Gasteiger partial charge is 0.290 e. The molecule has 0 aromatic heterocycles. The molecule has 2 heterocycles. The van der Waals surface area contributed by atoms with Gasteiger partial charge in [-0.15, -0.1) is 0 Å². The lowest BCUT2D eigenvalue weighted by Gasteiger charge is -2.32. The number of carbonyl (C=O) groups excluding carboxylic acids is 2. The van der Waals surface area contributed by atoms with Crippen molar-refractivity contribution >= 4 is 29.2 Å². The number of ether oxygens (including phenoxy) is 1. The Hall–Kier alpha value is -2.68. The largest absolute Gasteiger partial charge is 0.483 e. The molecule has 4 N–H and O–H groups in total. The Balaban J connectivity index is -0.000000615. The van der Waals surface area contributed by atoms with Gasteiger partial charge in [0.05, 0.1) is 24.3 Å². The predicted molar refractivity (Wildman–Crippen MR) is 203 cm³/mol. The Morgan fingerprint density at radius 3 is 2.14 bits per heavy atom. The van der Waals surface area contributed by atoms with Crippen molar-refractivity contribution in [3.05, 3.63) is 42.0 Å². The van der Waals surface area contributed by atoms with Gasteiger partial charge in [-0.1, -0.05) is 91.7 Å². The second-order valence-electron chi connectivity index (χ2n) is 12.8. The van der Waals surface area contributed by atoms with Crippen molar-refractivity contribution in [2.45, 2.75) is 118 Å². The van der Waals surface area contributed by atoms with Gasteiger partial charge >= 0.3 is 0 Å². The van der Waals surface area contributed by atoms with Crippen LogP contribution in [0.5, 0.6) is 0 Å². The van der Waals surface area contributed by atoms with E-state index in [-0.39, 0.29) is 31.3 Å². The summed E-state index contributed by atoms with van der Waals surface area (Å²) >= 11 is 0. The molecule has 0 bridgehead atoms. The summed E-state index contributed by atoms with van der Waals surface area (Å²) in [4.78, 5) is 29.8. The molecule has 0 radical (unpaired) electrons. The molecule has 3 rings (SSSR count). The summed E-state index contributed by atoms with van der Waals surface area (Å²) in [6.07, 6.45) is 13.3. The molecule has 1 saturated heterocycles. The van der Waals surface area contributed by atoms with Crippen LogP contribution in [-0.2, 0) is 35.7 Å². The van der Waals surface area contributed by atoms with E-state index in [2.05, 4.69) is 76.3 Å². The molecule has 1 amide bonds. The first-order chi connectivity index (χ1) is 23.7. The van der Waals surface area contributed by atoms with Gasteiger partial charge in [0.25, 0.3) is 6.47 Å². The summed E-state index contributed by atoms with van der Waals surface area (Å²) in [6, 6.07) is 8.02. The van der Waals surface area contributed by atoms with Crippen molar-refractivity contribution in [2.24, 2.45) is 11.3 Å². The van der Waals surface area contributed by atoms with E-state index in [4.69, 9.17) is 19.7 Å². The maximum Gasteiger partial charge on any atom is 0.290 e. The van der Waals surface area contributed by atoms with E-state index >= 15 is 0 Å². The van der Waals surface area contributed by atoms with Gasteiger partial charge in [0, 0.05) is 32.8 Å². The number of rotatable bonds is 14. The van der Waals surface area contributed by atoms with Gasteiger partial charge in [-0.05, 0) is 69.2 Å². The Labute approximate surface area is 304 Å². The number of fused-ring (bicyclic) bond motifs is 1. The third-order valence-electron chi connectivity index (χ3n) is 7.74. The number of aliphatic hydroxyl groups excluding tert-OH is 1. The third kappa shape index (κ3) is 24.5. The van der Waals surface area contributed by atoms with E-state index in [0.29, 0.717) is 36.6 Å². The highest BCUT2D eigenvalue weighted by Gasteiger charge is 2.38. The number of nitrogens with zero attached hydrogens (tertiary/aromatic N) is 2. The summed E-state index contributed by atoms with van der Waals surface area (Å²) < 4.78 is 31.8. The predicted octanol–water partition coefficient (Wildman–Crippen LogP) is 5.31. The maximum atomic E-state index is 12.4. The van der Waals surface area contributed by atoms with Gasteiger partial charge < -0.3 is 30.0 Å². The van der Waals surface area contributed by atoms with E-state index in [1.54, 1.807) is 19.2 Å². The monoisotopic (exact) mass is 730 g/mol. The fourth-order valence-corrected chi connectivity index (χ4v) is 6.36. The number of hydrogen-bond acceptors (Lipinski definition) is 9. The number of nitrogens with one attached hydrogen (secondary N) is 2. The van der Waals surface area contributed by atoms with Crippen LogP contribution in [0.1, 0.15) is 99.5 Å². The third-order valence-corrected chi connectivity index (χ3v) is 9.66. The normalized spacial score (nSPS) is 17.2. The topological polar surface area (TPSA) is 166 Å². The number of hydrogen-bond donors (Lipinski definition) is 4. The van der Waals surface area contributed by atoms with E-state index in [9.17, 15) is 18.0 Å². The molecule has 1 aromatic rings. The summed E-state index contributed by atoms with van der Waals surface area (Å²) in [5.74, 6) is 0.522. The Bertz CT molecular complexity index is 1100. The molecule has 13 heteroatoms. The first-order valence-corrected chi connectivity index (χ1v) is 19.1. The number of likely N-dealkylation sites (tertiary alicyclic amines) is 1. The van der Waals surface area contributed by atoms with Crippen LogP contribution in [0.25, 0.3) is 0 Å². The number of benzene rings is 1. The second-order valence-corrected chi connectivity index (χ2v) is 14.7. The second kappa shape index (κ2) is 32.2. The van der Waals surface area contributed by atoms with Crippen LogP contribution in [0.4, 0.5) is 0 Å². The highest BCUT2D eigenvalue weighted by atomic mass is 32.2. The van der Waals surface area contributed by atoms with Gasteiger partial charge in [-0.2, -0.15) is 4.31 Å². The molecule has 3 atom stereocenters. The minimum absolute atomic E-state index is 0.0774. The molecule has 0 aliphatic carbocycles. The van der Waals surface area contributed by atoms with Crippen LogP contribution >= 0.6 is 0 Å². The summed E-state index contributed by atoms with van der Waals surface area (Å²) in [7, 11) is 0.464. The molecule has 292 valence electrons. The van der Waals surface area contributed by atoms with Gasteiger partial charge in [0.2, 0.25) is 16.4 Å². The number of unbranched alkanes of at least 4 members (excludes halogenated alkanes) is 3. The van der Waals surface area contributed by atoms with Crippen LogP contribution in [0.3, 0.4) is 0 Å². The van der Waals surface area contributed by atoms with Gasteiger partial charge in [-0.25, -0.2) is 8.42 Å². The number of methoxy groups -OCH3 is 1. The Kier molecular flexibility index (Phi) is 33.3. The van der Waals surface area contributed by atoms with E-state index < -0.39 is 10.0 Å². The van der Waals surface area contributed by atoms with Crippen molar-refractivity contribution in [1.82, 2.24) is 19.8 Å². The molecule has 0 saturated carbocycles. The number of sulfonamides is 1. The summed E-state index contributed by atoms with van der Waals surface area (Å²) in [5, 5.41) is 20.5. The standard InChI is InChI=1S/C14H21NO3S.C11H23NO.C6H13N.C3H5NO2.C2H6.CH2O2/c1-14(2,3)13(18-4)10-15-9-11-7-5-6-8-12(11)19(15,16)17;1-3-4-5-6-7-8-11(2)9-12-10-13;1-6-4-3-5-7(6)2;5-2-1-4-3-6;1-2;2-1-3/h5-8,13H,9-10H2,1-4H3;7-8,11-13H,3-6,9-10H2,1-2H3;6H,3-5H2,1-2H3;2-3H,1H2,(H,4,6);1-2H3;1H,(H,2,3)/b;8-7-;;;;/t;;6-;;;/m..1.../s1. The number of amides is 1. The maximum absolute atomic E-state index is 12.4. The average Bonchev–Trinajstić information content (AvgIpc) is 3.59. The molecule has 1 fully saturated rings. The quantitative estimate of drug-likeness (QED) is 0.0854. The van der Waals surface area contributed by atoms with Gasteiger partial charge in [0.1, 0.15) is 6.29 Å². The lowest BCUT2D eigenvalue weighted by Crippen LogP contribution is -2.40. The van der Waals surface area contributed by atoms with E-state index in [1.807, 2.05) is 26.0 Å². The van der Waals surface area contributed by atoms with Gasteiger partial charge in [-0.3, -0.25) is 14.9 Å².